The van der Waals surface area contributed by atoms with Crippen molar-refractivity contribution in [1.29, 1.82) is 0 Å². The standard InChI is InChI=1S/C26H25N3O4S/c1-26(2,24(31)33-4)29-23(30)18-7-5-16(6-8-18)17-9-11-19(12-10-17)27-25-28-21-14-13-20(32-3)15-22(21)34-25/h5-15H,1-4H3,(H,27,28)(H,29,30). The number of benzene rings is 3. The maximum absolute atomic E-state index is 12.5. The summed E-state index contributed by atoms with van der Waals surface area (Å²) in [5.74, 6) is -0.0329. The van der Waals surface area contributed by atoms with Gasteiger partial charge in [0.1, 0.15) is 11.3 Å². The number of ether oxygens (including phenoxy) is 2. The maximum Gasteiger partial charge on any atom is 0.330 e. The summed E-state index contributed by atoms with van der Waals surface area (Å²) in [5, 5.41) is 6.85. The molecule has 34 heavy (non-hydrogen) atoms. The van der Waals surface area contributed by atoms with Gasteiger partial charge in [0.05, 0.1) is 24.4 Å². The summed E-state index contributed by atoms with van der Waals surface area (Å²) in [6, 6.07) is 21.0. The minimum Gasteiger partial charge on any atom is -0.497 e. The van der Waals surface area contributed by atoms with Gasteiger partial charge in [-0.1, -0.05) is 35.6 Å². The summed E-state index contributed by atoms with van der Waals surface area (Å²) >= 11 is 1.56. The summed E-state index contributed by atoms with van der Waals surface area (Å²) in [6.45, 7) is 3.21. The molecule has 0 saturated heterocycles. The Labute approximate surface area is 201 Å². The molecule has 0 aliphatic heterocycles. The molecular weight excluding hydrogens is 450 g/mol. The number of anilines is 2. The van der Waals surface area contributed by atoms with Gasteiger partial charge in [-0.15, -0.1) is 0 Å². The van der Waals surface area contributed by atoms with Crippen LogP contribution in [0.15, 0.2) is 66.7 Å². The van der Waals surface area contributed by atoms with E-state index in [1.165, 1.54) is 7.11 Å². The smallest absolute Gasteiger partial charge is 0.330 e. The fourth-order valence-electron chi connectivity index (χ4n) is 3.43. The monoisotopic (exact) mass is 475 g/mol. The lowest BCUT2D eigenvalue weighted by Crippen LogP contribution is -2.50. The van der Waals surface area contributed by atoms with E-state index in [1.807, 2.05) is 54.6 Å². The van der Waals surface area contributed by atoms with Gasteiger partial charge in [0.15, 0.2) is 5.13 Å². The second kappa shape index (κ2) is 9.52. The predicted molar refractivity (Wildman–Crippen MR) is 135 cm³/mol. The Hall–Kier alpha value is -3.91. The molecule has 0 atom stereocenters. The molecule has 174 valence electrons. The number of hydrogen-bond donors (Lipinski definition) is 2. The molecule has 0 bridgehead atoms. The molecule has 1 amide bonds. The third-order valence-corrected chi connectivity index (χ3v) is 6.27. The highest BCUT2D eigenvalue weighted by Gasteiger charge is 2.30. The SMILES string of the molecule is COC(=O)C(C)(C)NC(=O)c1ccc(-c2ccc(Nc3nc4ccc(OC)cc4s3)cc2)cc1. The van der Waals surface area contributed by atoms with Gasteiger partial charge in [0, 0.05) is 11.3 Å². The Morgan fingerprint density at radius 3 is 2.18 bits per heavy atom. The number of nitrogens with one attached hydrogen (secondary N) is 2. The molecule has 0 saturated carbocycles. The number of nitrogens with zero attached hydrogens (tertiary/aromatic N) is 1. The summed E-state index contributed by atoms with van der Waals surface area (Å²) in [5.41, 5.74) is 3.19. The fraction of sp³-hybridized carbons (Fsp3) is 0.192. The van der Waals surface area contributed by atoms with Crippen LogP contribution >= 0.6 is 11.3 Å². The molecule has 0 radical (unpaired) electrons. The van der Waals surface area contributed by atoms with Crippen LogP contribution < -0.4 is 15.4 Å². The van der Waals surface area contributed by atoms with Gasteiger partial charge in [-0.05, 0) is 67.4 Å². The van der Waals surface area contributed by atoms with Gasteiger partial charge in [0.25, 0.3) is 5.91 Å². The van der Waals surface area contributed by atoms with Crippen LogP contribution in [-0.2, 0) is 9.53 Å². The van der Waals surface area contributed by atoms with Crippen molar-refractivity contribution in [2.24, 2.45) is 0 Å². The van der Waals surface area contributed by atoms with Gasteiger partial charge < -0.3 is 20.1 Å². The van der Waals surface area contributed by atoms with Crippen LogP contribution in [0.5, 0.6) is 5.75 Å². The van der Waals surface area contributed by atoms with Crippen LogP contribution in [0.2, 0.25) is 0 Å². The number of carbonyl (C=O) groups is 2. The van der Waals surface area contributed by atoms with Crippen molar-refractivity contribution >= 4 is 44.2 Å². The number of esters is 1. The molecule has 0 spiro atoms. The zero-order valence-electron chi connectivity index (χ0n) is 19.3. The number of thiazole rings is 1. The van der Waals surface area contributed by atoms with Crippen molar-refractivity contribution in [3.05, 3.63) is 72.3 Å². The normalized spacial score (nSPS) is 11.2. The molecular formula is C26H25N3O4S. The first-order valence-electron chi connectivity index (χ1n) is 10.6. The lowest BCUT2D eigenvalue weighted by atomic mass is 10.0. The van der Waals surface area contributed by atoms with Crippen molar-refractivity contribution < 1.29 is 19.1 Å². The molecule has 1 aromatic heterocycles. The van der Waals surface area contributed by atoms with E-state index in [2.05, 4.69) is 15.6 Å². The molecule has 0 aliphatic rings. The molecule has 0 fully saturated rings. The summed E-state index contributed by atoms with van der Waals surface area (Å²) < 4.78 is 11.1. The Kier molecular flexibility index (Phi) is 6.51. The number of methoxy groups -OCH3 is 2. The Morgan fingerprint density at radius 2 is 1.56 bits per heavy atom. The number of hydrogen-bond acceptors (Lipinski definition) is 7. The minimum atomic E-state index is -1.11. The molecule has 0 aliphatic carbocycles. The van der Waals surface area contributed by atoms with Crippen LogP contribution in [0.25, 0.3) is 21.3 Å². The average molecular weight is 476 g/mol. The molecule has 1 heterocycles. The zero-order valence-corrected chi connectivity index (χ0v) is 20.2. The maximum atomic E-state index is 12.5. The first kappa shape index (κ1) is 23.3. The van der Waals surface area contributed by atoms with Crippen LogP contribution in [0, 0.1) is 0 Å². The quantitative estimate of drug-likeness (QED) is 0.348. The van der Waals surface area contributed by atoms with Gasteiger partial charge >= 0.3 is 5.97 Å². The van der Waals surface area contributed by atoms with E-state index >= 15 is 0 Å². The minimum absolute atomic E-state index is 0.338. The second-order valence-corrected chi connectivity index (χ2v) is 9.23. The third kappa shape index (κ3) is 5.02. The van der Waals surface area contributed by atoms with E-state index < -0.39 is 11.5 Å². The van der Waals surface area contributed by atoms with Crippen molar-refractivity contribution in [3.8, 4) is 16.9 Å². The molecule has 8 heteroatoms. The van der Waals surface area contributed by atoms with Crippen LogP contribution in [0.3, 0.4) is 0 Å². The van der Waals surface area contributed by atoms with Gasteiger partial charge in [-0.25, -0.2) is 9.78 Å². The van der Waals surface area contributed by atoms with Gasteiger partial charge in [0.2, 0.25) is 0 Å². The largest absolute Gasteiger partial charge is 0.497 e. The molecule has 0 unspecified atom stereocenters. The number of amides is 1. The summed E-state index contributed by atoms with van der Waals surface area (Å²) in [7, 11) is 2.94. The number of fused-ring (bicyclic) bond motifs is 1. The average Bonchev–Trinajstić information content (AvgIpc) is 3.25. The third-order valence-electron chi connectivity index (χ3n) is 5.33. The van der Waals surface area contributed by atoms with E-state index in [0.717, 1.165) is 37.9 Å². The van der Waals surface area contributed by atoms with Crippen LogP contribution in [0.4, 0.5) is 10.8 Å². The highest BCUT2D eigenvalue weighted by molar-refractivity contribution is 7.22. The first-order valence-corrected chi connectivity index (χ1v) is 11.4. The number of carbonyl (C=O) groups excluding carboxylic acids is 2. The van der Waals surface area contributed by atoms with Crippen molar-refractivity contribution in [2.45, 2.75) is 19.4 Å². The van der Waals surface area contributed by atoms with E-state index in [4.69, 9.17) is 9.47 Å². The van der Waals surface area contributed by atoms with Crippen molar-refractivity contribution in [1.82, 2.24) is 10.3 Å². The predicted octanol–water partition coefficient (Wildman–Crippen LogP) is 5.40. The molecule has 3 aromatic carbocycles. The lowest BCUT2D eigenvalue weighted by molar-refractivity contribution is -0.146. The highest BCUT2D eigenvalue weighted by Crippen LogP contribution is 2.31. The number of rotatable bonds is 7. The Morgan fingerprint density at radius 1 is 0.912 bits per heavy atom. The van der Waals surface area contributed by atoms with E-state index in [9.17, 15) is 9.59 Å². The van der Waals surface area contributed by atoms with Crippen molar-refractivity contribution in [3.63, 3.8) is 0 Å². The van der Waals surface area contributed by atoms with Crippen LogP contribution in [-0.4, -0.2) is 36.6 Å². The summed E-state index contributed by atoms with van der Waals surface area (Å²) in [6.07, 6.45) is 0. The van der Waals surface area contributed by atoms with Crippen molar-refractivity contribution in [2.75, 3.05) is 19.5 Å². The van der Waals surface area contributed by atoms with Gasteiger partial charge in [-0.2, -0.15) is 0 Å². The zero-order chi connectivity index (χ0) is 24.3. The highest BCUT2D eigenvalue weighted by atomic mass is 32.1. The Bertz CT molecular complexity index is 1330. The van der Waals surface area contributed by atoms with Gasteiger partial charge in [-0.3, -0.25) is 4.79 Å². The molecule has 4 aromatic rings. The molecule has 2 N–H and O–H groups in total. The van der Waals surface area contributed by atoms with E-state index in [-0.39, 0.29) is 5.91 Å². The number of aromatic nitrogens is 1. The van der Waals surface area contributed by atoms with E-state index in [0.29, 0.717) is 5.56 Å². The topological polar surface area (TPSA) is 89.5 Å². The first-order chi connectivity index (χ1) is 16.3. The fourth-order valence-corrected chi connectivity index (χ4v) is 4.35. The molecule has 4 rings (SSSR count). The molecule has 7 nitrogen and oxygen atoms in total. The van der Waals surface area contributed by atoms with Crippen LogP contribution in [0.1, 0.15) is 24.2 Å². The van der Waals surface area contributed by atoms with E-state index in [1.54, 1.807) is 44.4 Å². The lowest BCUT2D eigenvalue weighted by Gasteiger charge is -2.23. The second-order valence-electron chi connectivity index (χ2n) is 8.20. The Balaban J connectivity index is 1.43. The summed E-state index contributed by atoms with van der Waals surface area (Å²) in [4.78, 5) is 28.9.